The third kappa shape index (κ3) is 3.91. The molecule has 0 unspecified atom stereocenters. The van der Waals surface area contributed by atoms with E-state index in [0.717, 1.165) is 0 Å². The minimum absolute atomic E-state index is 0.0920. The second kappa shape index (κ2) is 8.31. The van der Waals surface area contributed by atoms with Gasteiger partial charge in [0.05, 0.1) is 4.92 Å². The summed E-state index contributed by atoms with van der Waals surface area (Å²) in [6, 6.07) is 16.1. The maximum atomic E-state index is 13.1. The molecule has 4 aromatic rings. The number of hydrogen-bond donors (Lipinski definition) is 2. The van der Waals surface area contributed by atoms with Gasteiger partial charge in [0, 0.05) is 28.3 Å². The number of furan rings is 1. The number of rotatable bonds is 5. The van der Waals surface area contributed by atoms with Gasteiger partial charge in [0.1, 0.15) is 17.1 Å². The minimum atomic E-state index is -0.654. The van der Waals surface area contributed by atoms with E-state index in [1.54, 1.807) is 24.3 Å². The van der Waals surface area contributed by atoms with Crippen LogP contribution >= 0.6 is 0 Å². The number of nitro benzene ring substituents is 1. The first-order chi connectivity index (χ1) is 15.3. The van der Waals surface area contributed by atoms with E-state index in [0.29, 0.717) is 16.7 Å². The number of benzene rings is 3. The van der Waals surface area contributed by atoms with E-state index in [4.69, 9.17) is 4.42 Å². The number of nitrogens with one attached hydrogen (secondary N) is 2. The highest BCUT2D eigenvalue weighted by Crippen LogP contribution is 2.32. The number of nitrogens with zero attached hydrogens (tertiary/aromatic N) is 1. The summed E-state index contributed by atoms with van der Waals surface area (Å²) in [5, 5.41) is 16.9. The summed E-state index contributed by atoms with van der Waals surface area (Å²) < 4.78 is 18.8. The first-order valence-corrected chi connectivity index (χ1v) is 9.49. The molecule has 0 radical (unpaired) electrons. The highest BCUT2D eigenvalue weighted by molar-refractivity contribution is 6.17. The smallest absolute Gasteiger partial charge is 0.293 e. The molecule has 2 amide bonds. The van der Waals surface area contributed by atoms with Crippen LogP contribution in [0.4, 0.5) is 21.5 Å². The summed E-state index contributed by atoms with van der Waals surface area (Å²) >= 11 is 0. The molecule has 2 N–H and O–H groups in total. The number of para-hydroxylation sites is 1. The molecule has 160 valence electrons. The van der Waals surface area contributed by atoms with Crippen LogP contribution in [0.25, 0.3) is 11.0 Å². The molecule has 3 aromatic carbocycles. The van der Waals surface area contributed by atoms with Crippen LogP contribution in [0.15, 0.2) is 71.1 Å². The Balaban J connectivity index is 1.71. The lowest BCUT2D eigenvalue weighted by Gasteiger charge is -2.09. The van der Waals surface area contributed by atoms with Gasteiger partial charge in [-0.2, -0.15) is 0 Å². The Kier molecular flexibility index (Phi) is 5.38. The molecular weight excluding hydrogens is 417 g/mol. The first kappa shape index (κ1) is 20.7. The molecule has 0 saturated carbocycles. The van der Waals surface area contributed by atoms with Crippen molar-refractivity contribution >= 4 is 39.8 Å². The van der Waals surface area contributed by atoms with Crippen LogP contribution in [0.3, 0.4) is 0 Å². The summed E-state index contributed by atoms with van der Waals surface area (Å²) in [6.07, 6.45) is 0. The quantitative estimate of drug-likeness (QED) is 0.328. The van der Waals surface area contributed by atoms with Crippen molar-refractivity contribution in [3.8, 4) is 0 Å². The van der Waals surface area contributed by atoms with Crippen LogP contribution in [0.1, 0.15) is 26.5 Å². The molecule has 0 atom stereocenters. The zero-order valence-electron chi connectivity index (χ0n) is 16.7. The van der Waals surface area contributed by atoms with Crippen molar-refractivity contribution in [1.82, 2.24) is 0 Å². The van der Waals surface area contributed by atoms with Crippen molar-refractivity contribution in [3.05, 3.63) is 99.5 Å². The SMILES string of the molecule is Cc1c(C(=O)Nc2c(C(=O)Nc3ccc(F)cc3)oc3ccccc23)cccc1[N+](=O)[O-]. The van der Waals surface area contributed by atoms with Gasteiger partial charge in [0.2, 0.25) is 5.76 Å². The van der Waals surface area contributed by atoms with Crippen LogP contribution < -0.4 is 10.6 Å². The lowest BCUT2D eigenvalue weighted by atomic mass is 10.1. The molecule has 4 rings (SSSR count). The van der Waals surface area contributed by atoms with Gasteiger partial charge in [-0.1, -0.05) is 18.2 Å². The van der Waals surface area contributed by atoms with Gasteiger partial charge in [0.25, 0.3) is 17.5 Å². The van der Waals surface area contributed by atoms with Crippen LogP contribution in [0.2, 0.25) is 0 Å². The molecular formula is C23H16FN3O5. The van der Waals surface area contributed by atoms with E-state index in [1.807, 2.05) is 0 Å². The van der Waals surface area contributed by atoms with E-state index in [2.05, 4.69) is 10.6 Å². The van der Waals surface area contributed by atoms with Gasteiger partial charge in [0.15, 0.2) is 0 Å². The lowest BCUT2D eigenvalue weighted by molar-refractivity contribution is -0.385. The highest BCUT2D eigenvalue weighted by Gasteiger charge is 2.25. The topological polar surface area (TPSA) is 114 Å². The Morgan fingerprint density at radius 1 is 0.938 bits per heavy atom. The number of amides is 2. The van der Waals surface area contributed by atoms with Gasteiger partial charge in [-0.15, -0.1) is 0 Å². The maximum absolute atomic E-state index is 13.1. The number of nitro groups is 1. The zero-order valence-corrected chi connectivity index (χ0v) is 16.7. The van der Waals surface area contributed by atoms with Crippen molar-refractivity contribution in [3.63, 3.8) is 0 Å². The summed E-state index contributed by atoms with van der Waals surface area (Å²) in [7, 11) is 0. The fraction of sp³-hybridized carbons (Fsp3) is 0.0435. The molecule has 1 heterocycles. The molecule has 8 nitrogen and oxygen atoms in total. The molecule has 0 saturated heterocycles. The molecule has 0 aliphatic heterocycles. The molecule has 32 heavy (non-hydrogen) atoms. The van der Waals surface area contributed by atoms with Crippen molar-refractivity contribution in [2.45, 2.75) is 6.92 Å². The number of carbonyl (C=O) groups excluding carboxylic acids is 2. The van der Waals surface area contributed by atoms with E-state index in [-0.39, 0.29) is 28.3 Å². The van der Waals surface area contributed by atoms with Crippen molar-refractivity contribution in [1.29, 1.82) is 0 Å². The van der Waals surface area contributed by atoms with E-state index < -0.39 is 22.6 Å². The van der Waals surface area contributed by atoms with Crippen molar-refractivity contribution in [2.24, 2.45) is 0 Å². The van der Waals surface area contributed by atoms with Gasteiger partial charge in [-0.25, -0.2) is 4.39 Å². The van der Waals surface area contributed by atoms with Crippen LogP contribution in [-0.4, -0.2) is 16.7 Å². The second-order valence-corrected chi connectivity index (χ2v) is 6.92. The summed E-state index contributed by atoms with van der Waals surface area (Å²) in [6.45, 7) is 1.47. The number of anilines is 2. The molecule has 0 bridgehead atoms. The number of halogens is 1. The number of hydrogen-bond acceptors (Lipinski definition) is 5. The maximum Gasteiger partial charge on any atom is 0.293 e. The van der Waals surface area contributed by atoms with E-state index >= 15 is 0 Å². The van der Waals surface area contributed by atoms with Gasteiger partial charge in [-0.3, -0.25) is 19.7 Å². The van der Waals surface area contributed by atoms with Gasteiger partial charge >= 0.3 is 0 Å². The predicted molar refractivity (Wildman–Crippen MR) is 116 cm³/mol. The standard InChI is InChI=1S/C23H16FN3O5/c1-13-16(6-4-7-18(13)27(30)31)22(28)26-20-17-5-2-3-8-19(17)32-21(20)23(29)25-15-11-9-14(24)10-12-15/h2-12H,1H3,(H,25,29)(H,26,28). The van der Waals surface area contributed by atoms with Crippen LogP contribution in [-0.2, 0) is 0 Å². The fourth-order valence-electron chi connectivity index (χ4n) is 3.30. The van der Waals surface area contributed by atoms with Crippen molar-refractivity contribution in [2.75, 3.05) is 10.6 Å². The van der Waals surface area contributed by atoms with Gasteiger partial charge < -0.3 is 15.1 Å². The Morgan fingerprint density at radius 3 is 2.38 bits per heavy atom. The Labute approximate surface area is 180 Å². The van der Waals surface area contributed by atoms with E-state index in [1.165, 1.54) is 49.4 Å². The summed E-state index contributed by atoms with van der Waals surface area (Å²) in [5.74, 6) is -1.90. The number of fused-ring (bicyclic) bond motifs is 1. The molecule has 0 spiro atoms. The average molecular weight is 433 g/mol. The largest absolute Gasteiger partial charge is 0.449 e. The Hall–Kier alpha value is -4.53. The van der Waals surface area contributed by atoms with E-state index in [9.17, 15) is 24.1 Å². The molecule has 0 fully saturated rings. The number of carbonyl (C=O) groups is 2. The molecule has 0 aliphatic rings. The fourth-order valence-corrected chi connectivity index (χ4v) is 3.30. The second-order valence-electron chi connectivity index (χ2n) is 6.92. The van der Waals surface area contributed by atoms with Crippen LogP contribution in [0.5, 0.6) is 0 Å². The Bertz CT molecular complexity index is 1360. The zero-order chi connectivity index (χ0) is 22.8. The predicted octanol–water partition coefficient (Wildman–Crippen LogP) is 5.29. The third-order valence-electron chi connectivity index (χ3n) is 4.89. The third-order valence-corrected chi connectivity index (χ3v) is 4.89. The van der Waals surface area contributed by atoms with Gasteiger partial charge in [-0.05, 0) is 49.4 Å². The average Bonchev–Trinajstić information content (AvgIpc) is 3.14. The summed E-state index contributed by atoms with van der Waals surface area (Å²) in [5.41, 5.74) is 0.918. The summed E-state index contributed by atoms with van der Waals surface area (Å²) in [4.78, 5) is 36.5. The molecule has 0 aliphatic carbocycles. The van der Waals surface area contributed by atoms with Crippen LogP contribution in [0, 0.1) is 22.9 Å². The molecule has 1 aromatic heterocycles. The normalized spacial score (nSPS) is 10.7. The molecule has 9 heteroatoms. The highest BCUT2D eigenvalue weighted by atomic mass is 19.1. The Morgan fingerprint density at radius 2 is 1.66 bits per heavy atom. The first-order valence-electron chi connectivity index (χ1n) is 9.49. The lowest BCUT2D eigenvalue weighted by Crippen LogP contribution is -2.18. The van der Waals surface area contributed by atoms with Crippen molar-refractivity contribution < 1.29 is 23.3 Å². The monoisotopic (exact) mass is 433 g/mol. The minimum Gasteiger partial charge on any atom is -0.449 e.